The maximum Gasteiger partial charge on any atom is 0.372 e. The van der Waals surface area contributed by atoms with E-state index in [1.54, 1.807) is 0 Å². The van der Waals surface area contributed by atoms with E-state index in [0.717, 1.165) is 6.42 Å². The first-order valence-corrected chi connectivity index (χ1v) is 6.70. The lowest BCUT2D eigenvalue weighted by Crippen LogP contribution is -2.56. The van der Waals surface area contributed by atoms with E-state index in [9.17, 15) is 24.0 Å². The first kappa shape index (κ1) is 22.8. The first-order chi connectivity index (χ1) is 10.4. The Balaban J connectivity index is 0. The maximum absolute atomic E-state index is 10.7. The summed E-state index contributed by atoms with van der Waals surface area (Å²) in [5, 5.41) is 27.0. The summed E-state index contributed by atoms with van der Waals surface area (Å²) in [5.74, 6) is -5.14. The molecular formula is C13H22N2O8. The Morgan fingerprint density at radius 3 is 1.83 bits per heavy atom. The number of carboxylic acids is 3. The Hall–Kier alpha value is -2.49. The van der Waals surface area contributed by atoms with Crippen LogP contribution >= 0.6 is 0 Å². The van der Waals surface area contributed by atoms with Gasteiger partial charge in [0.1, 0.15) is 0 Å². The van der Waals surface area contributed by atoms with E-state index in [4.69, 9.17) is 21.1 Å². The molecule has 1 atom stereocenters. The minimum atomic E-state index is -1.58. The summed E-state index contributed by atoms with van der Waals surface area (Å²) in [5.41, 5.74) is 4.59. The number of rotatable bonds is 9. The van der Waals surface area contributed by atoms with Crippen LogP contribution in [0.1, 0.15) is 46.0 Å². The highest BCUT2D eigenvalue weighted by Gasteiger charge is 2.27. The van der Waals surface area contributed by atoms with Gasteiger partial charge in [-0.3, -0.25) is 19.2 Å². The van der Waals surface area contributed by atoms with Crippen molar-refractivity contribution in [2.75, 3.05) is 0 Å². The average Bonchev–Trinajstić information content (AvgIpc) is 2.34. The smallest absolute Gasteiger partial charge is 0.372 e. The zero-order valence-electron chi connectivity index (χ0n) is 13.0. The maximum atomic E-state index is 10.7. The molecule has 0 spiro atoms. The van der Waals surface area contributed by atoms with Crippen molar-refractivity contribution in [2.24, 2.45) is 5.73 Å². The van der Waals surface area contributed by atoms with E-state index in [1.807, 2.05) is 6.92 Å². The van der Waals surface area contributed by atoms with E-state index >= 15 is 0 Å². The fourth-order valence-electron chi connectivity index (χ4n) is 1.59. The summed E-state index contributed by atoms with van der Waals surface area (Å²) in [6.45, 7) is 3.20. The molecular weight excluding hydrogens is 312 g/mol. The lowest BCUT2D eigenvalue weighted by Gasteiger charge is -2.28. The zero-order chi connectivity index (χ0) is 18.6. The molecule has 0 rings (SSSR count). The third-order valence-corrected chi connectivity index (χ3v) is 2.39. The number of aliphatic carboxylic acids is 3. The quantitative estimate of drug-likeness (QED) is 0.275. The fourth-order valence-corrected chi connectivity index (χ4v) is 1.59. The van der Waals surface area contributed by atoms with E-state index < -0.39 is 42.2 Å². The molecule has 0 aromatic heterocycles. The molecule has 132 valence electrons. The van der Waals surface area contributed by atoms with Gasteiger partial charge in [0, 0.05) is 13.3 Å². The van der Waals surface area contributed by atoms with Crippen LogP contribution in [0.5, 0.6) is 0 Å². The molecule has 0 aliphatic carbocycles. The van der Waals surface area contributed by atoms with Gasteiger partial charge in [0.2, 0.25) is 11.7 Å². The van der Waals surface area contributed by atoms with Crippen LogP contribution in [-0.2, 0) is 24.0 Å². The van der Waals surface area contributed by atoms with Gasteiger partial charge in [-0.15, -0.1) is 0 Å². The number of carbonyl (C=O) groups is 5. The van der Waals surface area contributed by atoms with Crippen LogP contribution in [0.2, 0.25) is 0 Å². The number of Topliss-reactive ketones (excluding diaryl/α,β-unsaturated/α-hetero) is 1. The summed E-state index contributed by atoms with van der Waals surface area (Å²) >= 11 is 0. The highest BCUT2D eigenvalue weighted by molar-refractivity contribution is 6.32. The molecule has 0 aliphatic heterocycles. The van der Waals surface area contributed by atoms with E-state index in [0.29, 0.717) is 6.42 Å². The third-order valence-electron chi connectivity index (χ3n) is 2.39. The summed E-state index contributed by atoms with van der Waals surface area (Å²) in [6.07, 6.45) is 0.0686. The van der Waals surface area contributed by atoms with Crippen LogP contribution in [0, 0.1) is 0 Å². The highest BCUT2D eigenvalue weighted by Crippen LogP contribution is 2.10. The standard InChI is InChI=1S/C8H16N2O3.C5H6O5/c1-3-4-8(9,5-7(12)13)10-6(2)11;6-3(5(9)10)1-2-4(7)8/h3-5,9H2,1-2H3,(H,10,11)(H,12,13);1-2H2,(H,7,8)(H,9,10). The molecule has 10 heteroatoms. The van der Waals surface area contributed by atoms with Gasteiger partial charge in [-0.05, 0) is 6.42 Å². The monoisotopic (exact) mass is 334 g/mol. The molecule has 6 N–H and O–H groups in total. The number of nitrogens with two attached hydrogens (primary N) is 1. The molecule has 10 nitrogen and oxygen atoms in total. The van der Waals surface area contributed by atoms with Crippen molar-refractivity contribution in [3.8, 4) is 0 Å². The largest absolute Gasteiger partial charge is 0.481 e. The Bertz CT molecular complexity index is 445. The van der Waals surface area contributed by atoms with Gasteiger partial charge in [-0.25, -0.2) is 4.79 Å². The number of ketones is 1. The molecule has 23 heavy (non-hydrogen) atoms. The summed E-state index contributed by atoms with van der Waals surface area (Å²) in [4.78, 5) is 50.9. The molecule has 0 aromatic rings. The molecule has 0 bridgehead atoms. The van der Waals surface area contributed by atoms with Crippen molar-refractivity contribution in [3.05, 3.63) is 0 Å². The number of hydrogen-bond donors (Lipinski definition) is 5. The van der Waals surface area contributed by atoms with E-state index in [2.05, 4.69) is 5.32 Å². The minimum absolute atomic E-state index is 0.250. The second-order valence-corrected chi connectivity index (χ2v) is 4.78. The number of nitrogens with one attached hydrogen (secondary N) is 1. The zero-order valence-corrected chi connectivity index (χ0v) is 13.0. The van der Waals surface area contributed by atoms with Gasteiger partial charge in [0.05, 0.1) is 18.5 Å². The first-order valence-electron chi connectivity index (χ1n) is 6.70. The average molecular weight is 334 g/mol. The third kappa shape index (κ3) is 14.2. The summed E-state index contributed by atoms with van der Waals surface area (Å²) in [6, 6.07) is 0. The van der Waals surface area contributed by atoms with Gasteiger partial charge in [-0.1, -0.05) is 13.3 Å². The van der Waals surface area contributed by atoms with Gasteiger partial charge < -0.3 is 26.4 Å². The number of hydrogen-bond acceptors (Lipinski definition) is 6. The van der Waals surface area contributed by atoms with Crippen LogP contribution in [0.3, 0.4) is 0 Å². The summed E-state index contributed by atoms with van der Waals surface area (Å²) < 4.78 is 0. The molecule has 0 radical (unpaired) electrons. The van der Waals surface area contributed by atoms with Crippen LogP contribution in [-0.4, -0.2) is 50.6 Å². The molecule has 0 saturated carbocycles. The number of carbonyl (C=O) groups excluding carboxylic acids is 2. The molecule has 0 aliphatic rings. The Kier molecular flexibility index (Phi) is 11.0. The minimum Gasteiger partial charge on any atom is -0.481 e. The molecule has 1 amide bonds. The molecule has 1 unspecified atom stereocenters. The SMILES string of the molecule is CCCC(N)(CC(=O)O)NC(C)=O.O=C(O)CCC(=O)C(=O)O. The van der Waals surface area contributed by atoms with Gasteiger partial charge in [0.15, 0.2) is 0 Å². The second kappa shape index (κ2) is 11.1. The molecule has 0 heterocycles. The van der Waals surface area contributed by atoms with Gasteiger partial charge >= 0.3 is 17.9 Å². The highest BCUT2D eigenvalue weighted by atomic mass is 16.4. The predicted octanol–water partition coefficient (Wildman–Crippen LogP) is -0.443. The van der Waals surface area contributed by atoms with Crippen molar-refractivity contribution in [3.63, 3.8) is 0 Å². The topological polar surface area (TPSA) is 184 Å². The van der Waals surface area contributed by atoms with E-state index in [1.165, 1.54) is 6.92 Å². The number of amides is 1. The van der Waals surface area contributed by atoms with E-state index in [-0.39, 0.29) is 12.3 Å². The van der Waals surface area contributed by atoms with Crippen LogP contribution < -0.4 is 11.1 Å². The molecule has 0 saturated heterocycles. The van der Waals surface area contributed by atoms with Crippen LogP contribution in [0.25, 0.3) is 0 Å². The molecule has 0 aromatic carbocycles. The predicted molar refractivity (Wildman–Crippen MR) is 77.4 cm³/mol. The lowest BCUT2D eigenvalue weighted by atomic mass is 10.0. The van der Waals surface area contributed by atoms with Crippen molar-refractivity contribution in [1.29, 1.82) is 0 Å². The van der Waals surface area contributed by atoms with Crippen molar-refractivity contribution >= 4 is 29.6 Å². The molecule has 0 fully saturated rings. The Morgan fingerprint density at radius 2 is 1.52 bits per heavy atom. The lowest BCUT2D eigenvalue weighted by molar-refractivity contribution is -0.149. The van der Waals surface area contributed by atoms with Gasteiger partial charge in [-0.2, -0.15) is 0 Å². The number of carboxylic acid groups (broad SMARTS) is 3. The Morgan fingerprint density at radius 1 is 1.00 bits per heavy atom. The second-order valence-electron chi connectivity index (χ2n) is 4.78. The van der Waals surface area contributed by atoms with Crippen LogP contribution in [0.15, 0.2) is 0 Å². The van der Waals surface area contributed by atoms with Gasteiger partial charge in [0.25, 0.3) is 0 Å². The van der Waals surface area contributed by atoms with Crippen molar-refractivity contribution < 1.29 is 39.3 Å². The normalized spacial score (nSPS) is 12.1. The van der Waals surface area contributed by atoms with Crippen molar-refractivity contribution in [2.45, 2.75) is 51.6 Å². The fraction of sp³-hybridized carbons (Fsp3) is 0.615. The summed E-state index contributed by atoms with van der Waals surface area (Å²) in [7, 11) is 0. The van der Waals surface area contributed by atoms with Crippen LogP contribution in [0.4, 0.5) is 0 Å². The Labute approximate surface area is 132 Å². The van der Waals surface area contributed by atoms with Crippen molar-refractivity contribution in [1.82, 2.24) is 5.32 Å².